The van der Waals surface area contributed by atoms with Gasteiger partial charge in [0.25, 0.3) is 0 Å². The second kappa shape index (κ2) is 8.93. The lowest BCUT2D eigenvalue weighted by atomic mass is 9.90. The summed E-state index contributed by atoms with van der Waals surface area (Å²) in [6.07, 6.45) is 8.59. The fourth-order valence-electron chi connectivity index (χ4n) is 2.43. The lowest BCUT2D eigenvalue weighted by Gasteiger charge is -2.23. The molecule has 0 aromatic rings. The van der Waals surface area contributed by atoms with Gasteiger partial charge < -0.3 is 10.1 Å². The largest absolute Gasteiger partial charge is 0.378 e. The summed E-state index contributed by atoms with van der Waals surface area (Å²) < 4.78 is 5.95. The molecule has 1 N–H and O–H groups in total. The van der Waals surface area contributed by atoms with Gasteiger partial charge in [-0.15, -0.1) is 0 Å². The third-order valence-electron chi connectivity index (χ3n) is 3.62. The van der Waals surface area contributed by atoms with Crippen LogP contribution in [-0.4, -0.2) is 25.8 Å². The Morgan fingerprint density at radius 1 is 1.12 bits per heavy atom. The van der Waals surface area contributed by atoms with Gasteiger partial charge in [0.15, 0.2) is 0 Å². The molecule has 1 fully saturated rings. The third kappa shape index (κ3) is 7.77. The minimum absolute atomic E-state index is 0.414. The summed E-state index contributed by atoms with van der Waals surface area (Å²) in [5.74, 6) is 1.59. The van der Waals surface area contributed by atoms with E-state index in [1.807, 2.05) is 0 Å². The molecule has 1 aliphatic carbocycles. The first-order valence-electron chi connectivity index (χ1n) is 7.50. The average Bonchev–Trinajstić information content (AvgIpc) is 2.33. The topological polar surface area (TPSA) is 21.3 Å². The zero-order chi connectivity index (χ0) is 12.5. The summed E-state index contributed by atoms with van der Waals surface area (Å²) in [7, 11) is 0. The predicted molar refractivity (Wildman–Crippen MR) is 74.3 cm³/mol. The summed E-state index contributed by atoms with van der Waals surface area (Å²) in [4.78, 5) is 0. The second-order valence-electron chi connectivity index (χ2n) is 6.03. The highest BCUT2D eigenvalue weighted by Crippen LogP contribution is 2.24. The molecule has 102 valence electrons. The van der Waals surface area contributed by atoms with Crippen LogP contribution in [0.5, 0.6) is 0 Å². The first-order chi connectivity index (χ1) is 8.18. The van der Waals surface area contributed by atoms with Crippen LogP contribution in [0.4, 0.5) is 0 Å². The van der Waals surface area contributed by atoms with Gasteiger partial charge in [0.2, 0.25) is 0 Å². The van der Waals surface area contributed by atoms with Gasteiger partial charge in [-0.2, -0.15) is 0 Å². The molecule has 0 aliphatic heterocycles. The molecule has 1 rings (SSSR count). The SMILES string of the molecule is CC(C)CNCCC(C)OCC1CCCCC1. The van der Waals surface area contributed by atoms with E-state index in [2.05, 4.69) is 26.1 Å². The van der Waals surface area contributed by atoms with Crippen LogP contribution in [0.25, 0.3) is 0 Å². The maximum Gasteiger partial charge on any atom is 0.0559 e. The van der Waals surface area contributed by atoms with Crippen molar-refractivity contribution in [3.8, 4) is 0 Å². The molecule has 0 radical (unpaired) electrons. The molecule has 0 bridgehead atoms. The van der Waals surface area contributed by atoms with Gasteiger partial charge in [-0.1, -0.05) is 33.1 Å². The van der Waals surface area contributed by atoms with Gasteiger partial charge in [0.05, 0.1) is 6.10 Å². The van der Waals surface area contributed by atoms with Crippen LogP contribution in [0, 0.1) is 11.8 Å². The van der Waals surface area contributed by atoms with Crippen molar-refractivity contribution in [3.05, 3.63) is 0 Å². The molecule has 0 saturated heterocycles. The van der Waals surface area contributed by atoms with Crippen molar-refractivity contribution >= 4 is 0 Å². The quantitative estimate of drug-likeness (QED) is 0.656. The van der Waals surface area contributed by atoms with Crippen molar-refractivity contribution in [3.63, 3.8) is 0 Å². The highest BCUT2D eigenvalue weighted by Gasteiger charge is 2.14. The number of hydrogen-bond acceptors (Lipinski definition) is 2. The number of nitrogens with one attached hydrogen (secondary N) is 1. The molecule has 0 aromatic carbocycles. The van der Waals surface area contributed by atoms with Gasteiger partial charge in [0, 0.05) is 6.61 Å². The van der Waals surface area contributed by atoms with E-state index in [4.69, 9.17) is 4.74 Å². The normalized spacial score (nSPS) is 19.8. The zero-order valence-electron chi connectivity index (χ0n) is 12.0. The minimum atomic E-state index is 0.414. The lowest BCUT2D eigenvalue weighted by molar-refractivity contribution is 0.0268. The molecular formula is C15H31NO. The smallest absolute Gasteiger partial charge is 0.0559 e. The van der Waals surface area contributed by atoms with E-state index in [-0.39, 0.29) is 0 Å². The van der Waals surface area contributed by atoms with Gasteiger partial charge in [0.1, 0.15) is 0 Å². The molecule has 1 saturated carbocycles. The Balaban J connectivity index is 1.94. The highest BCUT2D eigenvalue weighted by atomic mass is 16.5. The lowest BCUT2D eigenvalue weighted by Crippen LogP contribution is -2.25. The minimum Gasteiger partial charge on any atom is -0.378 e. The molecule has 1 unspecified atom stereocenters. The van der Waals surface area contributed by atoms with E-state index in [0.29, 0.717) is 6.10 Å². The van der Waals surface area contributed by atoms with Crippen LogP contribution in [-0.2, 0) is 4.74 Å². The molecule has 2 heteroatoms. The maximum atomic E-state index is 5.95. The maximum absolute atomic E-state index is 5.95. The second-order valence-corrected chi connectivity index (χ2v) is 6.03. The number of hydrogen-bond donors (Lipinski definition) is 1. The molecule has 0 aromatic heterocycles. The van der Waals surface area contributed by atoms with Crippen molar-refractivity contribution in [2.45, 2.75) is 65.4 Å². The molecule has 1 atom stereocenters. The summed E-state index contributed by atoms with van der Waals surface area (Å²) in [5.41, 5.74) is 0. The Morgan fingerprint density at radius 3 is 2.47 bits per heavy atom. The number of rotatable bonds is 8. The van der Waals surface area contributed by atoms with E-state index in [1.54, 1.807) is 0 Å². The molecule has 17 heavy (non-hydrogen) atoms. The van der Waals surface area contributed by atoms with E-state index in [0.717, 1.165) is 38.0 Å². The van der Waals surface area contributed by atoms with Crippen molar-refractivity contribution in [1.29, 1.82) is 0 Å². The molecule has 1 aliphatic rings. The van der Waals surface area contributed by atoms with Crippen LogP contribution < -0.4 is 5.32 Å². The highest BCUT2D eigenvalue weighted by molar-refractivity contribution is 4.66. The summed E-state index contributed by atoms with van der Waals surface area (Å²) in [5, 5.41) is 3.47. The van der Waals surface area contributed by atoms with Crippen molar-refractivity contribution in [2.24, 2.45) is 11.8 Å². The van der Waals surface area contributed by atoms with Crippen LogP contribution in [0.15, 0.2) is 0 Å². The standard InChI is InChI=1S/C15H31NO/c1-13(2)11-16-10-9-14(3)17-12-15-7-5-4-6-8-15/h13-16H,4-12H2,1-3H3. The Kier molecular flexibility index (Phi) is 7.87. The van der Waals surface area contributed by atoms with Crippen LogP contribution in [0.2, 0.25) is 0 Å². The average molecular weight is 241 g/mol. The predicted octanol–water partition coefficient (Wildman–Crippen LogP) is 3.61. The van der Waals surface area contributed by atoms with Crippen molar-refractivity contribution in [1.82, 2.24) is 5.32 Å². The van der Waals surface area contributed by atoms with Crippen LogP contribution in [0.3, 0.4) is 0 Å². The van der Waals surface area contributed by atoms with Crippen molar-refractivity contribution in [2.75, 3.05) is 19.7 Å². The van der Waals surface area contributed by atoms with Gasteiger partial charge in [-0.05, 0) is 51.1 Å². The fraction of sp³-hybridized carbons (Fsp3) is 1.00. The summed E-state index contributed by atoms with van der Waals surface area (Å²) in [6, 6.07) is 0. The number of ether oxygens (including phenoxy) is 1. The zero-order valence-corrected chi connectivity index (χ0v) is 12.0. The summed E-state index contributed by atoms with van der Waals surface area (Å²) >= 11 is 0. The molecular weight excluding hydrogens is 210 g/mol. The fourth-order valence-corrected chi connectivity index (χ4v) is 2.43. The molecule has 0 spiro atoms. The Bertz CT molecular complexity index is 176. The van der Waals surface area contributed by atoms with E-state index < -0.39 is 0 Å². The van der Waals surface area contributed by atoms with E-state index >= 15 is 0 Å². The van der Waals surface area contributed by atoms with Crippen LogP contribution >= 0.6 is 0 Å². The first kappa shape index (κ1) is 15.0. The van der Waals surface area contributed by atoms with Gasteiger partial charge >= 0.3 is 0 Å². The van der Waals surface area contributed by atoms with Crippen LogP contribution in [0.1, 0.15) is 59.3 Å². The van der Waals surface area contributed by atoms with Gasteiger partial charge in [-0.25, -0.2) is 0 Å². The van der Waals surface area contributed by atoms with E-state index in [9.17, 15) is 0 Å². The Morgan fingerprint density at radius 2 is 1.82 bits per heavy atom. The third-order valence-corrected chi connectivity index (χ3v) is 3.62. The monoisotopic (exact) mass is 241 g/mol. The molecule has 0 heterocycles. The summed E-state index contributed by atoms with van der Waals surface area (Å²) in [6.45, 7) is 9.90. The molecule has 0 amide bonds. The Labute approximate surface area is 108 Å². The van der Waals surface area contributed by atoms with E-state index in [1.165, 1.54) is 32.1 Å². The molecule has 2 nitrogen and oxygen atoms in total. The Hall–Kier alpha value is -0.0800. The van der Waals surface area contributed by atoms with Gasteiger partial charge in [-0.3, -0.25) is 0 Å². The first-order valence-corrected chi connectivity index (χ1v) is 7.50. The van der Waals surface area contributed by atoms with Crippen molar-refractivity contribution < 1.29 is 4.74 Å².